The molecule has 2 amide bonds. The highest BCUT2D eigenvalue weighted by Gasteiger charge is 2.35. The lowest BCUT2D eigenvalue weighted by Crippen LogP contribution is -2.44. The van der Waals surface area contributed by atoms with E-state index in [1.165, 1.54) is 0 Å². The lowest BCUT2D eigenvalue weighted by Gasteiger charge is -2.23. The molecule has 1 N–H and O–H groups in total. The lowest BCUT2D eigenvalue weighted by atomic mass is 10.1. The standard InChI is InChI=1S/C17H15BrN2O2S/c18-13-8-4-5-9-14(13)19-16(21)15-10-23-11-20(15)17(22)12-6-2-1-3-7-12/h1-9,15H,10-11H2,(H,19,21)/t15-/m0/s1. The van der Waals surface area contributed by atoms with Crippen LogP contribution in [0, 0.1) is 0 Å². The molecular weight excluding hydrogens is 376 g/mol. The Labute approximate surface area is 147 Å². The van der Waals surface area contributed by atoms with Gasteiger partial charge in [0.05, 0.1) is 11.6 Å². The molecule has 1 aliphatic rings. The molecule has 3 rings (SSSR count). The summed E-state index contributed by atoms with van der Waals surface area (Å²) in [6, 6.07) is 16.0. The molecule has 1 aliphatic heterocycles. The van der Waals surface area contributed by atoms with Crippen molar-refractivity contribution in [2.45, 2.75) is 6.04 Å². The Kier molecular flexibility index (Phi) is 5.03. The fourth-order valence-electron chi connectivity index (χ4n) is 2.39. The van der Waals surface area contributed by atoms with Crippen molar-refractivity contribution < 1.29 is 9.59 Å². The number of nitrogens with one attached hydrogen (secondary N) is 1. The fraction of sp³-hybridized carbons (Fsp3) is 0.176. The van der Waals surface area contributed by atoms with Crippen LogP contribution in [-0.4, -0.2) is 34.4 Å². The molecule has 0 spiro atoms. The summed E-state index contributed by atoms with van der Waals surface area (Å²) in [6.45, 7) is 0. The van der Waals surface area contributed by atoms with Gasteiger partial charge in [0.15, 0.2) is 0 Å². The molecule has 1 atom stereocenters. The molecule has 1 fully saturated rings. The van der Waals surface area contributed by atoms with Crippen LogP contribution in [0.1, 0.15) is 10.4 Å². The normalized spacial score (nSPS) is 17.1. The number of thioether (sulfide) groups is 1. The van der Waals surface area contributed by atoms with Crippen LogP contribution in [0.25, 0.3) is 0 Å². The molecule has 0 unspecified atom stereocenters. The van der Waals surface area contributed by atoms with Crippen molar-refractivity contribution in [1.82, 2.24) is 4.90 Å². The van der Waals surface area contributed by atoms with E-state index >= 15 is 0 Å². The summed E-state index contributed by atoms with van der Waals surface area (Å²) in [5.41, 5.74) is 1.32. The number of amides is 2. The summed E-state index contributed by atoms with van der Waals surface area (Å²) in [5.74, 6) is 0.866. The van der Waals surface area contributed by atoms with E-state index in [0.717, 1.165) is 4.47 Å². The minimum Gasteiger partial charge on any atom is -0.323 e. The van der Waals surface area contributed by atoms with E-state index in [0.29, 0.717) is 22.9 Å². The molecule has 118 valence electrons. The maximum absolute atomic E-state index is 12.6. The van der Waals surface area contributed by atoms with Gasteiger partial charge in [-0.1, -0.05) is 30.3 Å². The van der Waals surface area contributed by atoms with Crippen LogP contribution in [0.15, 0.2) is 59.1 Å². The van der Waals surface area contributed by atoms with E-state index in [2.05, 4.69) is 21.2 Å². The second kappa shape index (κ2) is 7.19. The molecule has 0 aliphatic carbocycles. The summed E-state index contributed by atoms with van der Waals surface area (Å²) in [6.07, 6.45) is 0. The number of hydrogen-bond donors (Lipinski definition) is 1. The van der Waals surface area contributed by atoms with Gasteiger partial charge in [0.2, 0.25) is 5.91 Å². The van der Waals surface area contributed by atoms with Crippen molar-refractivity contribution >= 4 is 45.2 Å². The van der Waals surface area contributed by atoms with Gasteiger partial charge < -0.3 is 10.2 Å². The van der Waals surface area contributed by atoms with Crippen LogP contribution in [0.3, 0.4) is 0 Å². The topological polar surface area (TPSA) is 49.4 Å². The minimum absolute atomic E-state index is 0.108. The van der Waals surface area contributed by atoms with Gasteiger partial charge in [0, 0.05) is 15.8 Å². The number of para-hydroxylation sites is 1. The largest absolute Gasteiger partial charge is 0.323 e. The van der Waals surface area contributed by atoms with E-state index in [-0.39, 0.29) is 11.8 Å². The Morgan fingerprint density at radius 2 is 1.78 bits per heavy atom. The number of halogens is 1. The van der Waals surface area contributed by atoms with Gasteiger partial charge in [0.25, 0.3) is 5.91 Å². The van der Waals surface area contributed by atoms with E-state index < -0.39 is 6.04 Å². The second-order valence-electron chi connectivity index (χ2n) is 5.13. The number of benzene rings is 2. The predicted octanol–water partition coefficient (Wildman–Crippen LogP) is 3.60. The minimum atomic E-state index is -0.459. The molecule has 23 heavy (non-hydrogen) atoms. The molecule has 0 bridgehead atoms. The van der Waals surface area contributed by atoms with Gasteiger partial charge in [-0.3, -0.25) is 9.59 Å². The third kappa shape index (κ3) is 3.59. The van der Waals surface area contributed by atoms with Crippen molar-refractivity contribution in [3.05, 3.63) is 64.6 Å². The first kappa shape index (κ1) is 16.1. The Bertz CT molecular complexity index is 724. The average molecular weight is 391 g/mol. The van der Waals surface area contributed by atoms with Crippen molar-refractivity contribution in [2.24, 2.45) is 0 Å². The number of nitrogens with zero attached hydrogens (tertiary/aromatic N) is 1. The van der Waals surface area contributed by atoms with Crippen LogP contribution in [-0.2, 0) is 4.79 Å². The first-order chi connectivity index (χ1) is 11.2. The van der Waals surface area contributed by atoms with E-state index in [1.54, 1.807) is 28.8 Å². The van der Waals surface area contributed by atoms with Crippen LogP contribution in [0.5, 0.6) is 0 Å². The van der Waals surface area contributed by atoms with Crippen LogP contribution < -0.4 is 5.32 Å². The molecule has 2 aromatic rings. The molecule has 0 saturated carbocycles. The van der Waals surface area contributed by atoms with Crippen LogP contribution in [0.2, 0.25) is 0 Å². The highest BCUT2D eigenvalue weighted by atomic mass is 79.9. The molecule has 2 aromatic carbocycles. The van der Waals surface area contributed by atoms with Crippen LogP contribution >= 0.6 is 27.7 Å². The van der Waals surface area contributed by atoms with E-state index in [9.17, 15) is 9.59 Å². The van der Waals surface area contributed by atoms with Gasteiger partial charge in [-0.25, -0.2) is 0 Å². The second-order valence-corrected chi connectivity index (χ2v) is 6.98. The Hall–Kier alpha value is -1.79. The molecular formula is C17H15BrN2O2S. The zero-order valence-electron chi connectivity index (χ0n) is 12.2. The number of carbonyl (C=O) groups is 2. The summed E-state index contributed by atoms with van der Waals surface area (Å²) in [7, 11) is 0. The molecule has 0 aromatic heterocycles. The maximum atomic E-state index is 12.6. The molecule has 1 heterocycles. The van der Waals surface area contributed by atoms with Gasteiger partial charge in [-0.15, -0.1) is 11.8 Å². The summed E-state index contributed by atoms with van der Waals surface area (Å²) in [4.78, 5) is 26.8. The van der Waals surface area contributed by atoms with Crippen LogP contribution in [0.4, 0.5) is 5.69 Å². The molecule has 1 saturated heterocycles. The van der Waals surface area contributed by atoms with Crippen molar-refractivity contribution in [2.75, 3.05) is 16.9 Å². The van der Waals surface area contributed by atoms with Gasteiger partial charge in [-0.05, 0) is 40.2 Å². The third-order valence-corrected chi connectivity index (χ3v) is 5.30. The number of anilines is 1. The Morgan fingerprint density at radius 3 is 2.52 bits per heavy atom. The average Bonchev–Trinajstić information content (AvgIpc) is 3.07. The first-order valence-electron chi connectivity index (χ1n) is 7.16. The Morgan fingerprint density at radius 1 is 1.09 bits per heavy atom. The fourth-order valence-corrected chi connectivity index (χ4v) is 3.92. The number of rotatable bonds is 3. The zero-order chi connectivity index (χ0) is 16.2. The summed E-state index contributed by atoms with van der Waals surface area (Å²) >= 11 is 5.00. The number of hydrogen-bond acceptors (Lipinski definition) is 3. The van der Waals surface area contributed by atoms with E-state index in [1.807, 2.05) is 42.5 Å². The summed E-state index contributed by atoms with van der Waals surface area (Å²) in [5, 5.41) is 2.90. The quantitative estimate of drug-likeness (QED) is 0.870. The molecule has 0 radical (unpaired) electrons. The summed E-state index contributed by atoms with van der Waals surface area (Å²) < 4.78 is 0.819. The highest BCUT2D eigenvalue weighted by Crippen LogP contribution is 2.26. The van der Waals surface area contributed by atoms with Crippen molar-refractivity contribution in [1.29, 1.82) is 0 Å². The van der Waals surface area contributed by atoms with Crippen molar-refractivity contribution in [3.63, 3.8) is 0 Å². The zero-order valence-corrected chi connectivity index (χ0v) is 14.6. The van der Waals surface area contributed by atoms with E-state index in [4.69, 9.17) is 0 Å². The Balaban J connectivity index is 1.75. The van der Waals surface area contributed by atoms with Crippen molar-refractivity contribution in [3.8, 4) is 0 Å². The monoisotopic (exact) mass is 390 g/mol. The number of carbonyl (C=O) groups excluding carboxylic acids is 2. The first-order valence-corrected chi connectivity index (χ1v) is 9.11. The third-order valence-electron chi connectivity index (χ3n) is 3.60. The van der Waals surface area contributed by atoms with Gasteiger partial charge in [0.1, 0.15) is 6.04 Å². The predicted molar refractivity (Wildman–Crippen MR) is 96.5 cm³/mol. The smallest absolute Gasteiger partial charge is 0.255 e. The van der Waals surface area contributed by atoms with Gasteiger partial charge >= 0.3 is 0 Å². The molecule has 4 nitrogen and oxygen atoms in total. The van der Waals surface area contributed by atoms with Gasteiger partial charge in [-0.2, -0.15) is 0 Å². The molecule has 6 heteroatoms. The lowest BCUT2D eigenvalue weighted by molar-refractivity contribution is -0.119. The highest BCUT2D eigenvalue weighted by molar-refractivity contribution is 9.10. The SMILES string of the molecule is O=C(Nc1ccccc1Br)[C@@H]1CSCN1C(=O)c1ccccc1. The maximum Gasteiger partial charge on any atom is 0.255 e.